The summed E-state index contributed by atoms with van der Waals surface area (Å²) >= 11 is 0. The van der Waals surface area contributed by atoms with Crippen molar-refractivity contribution in [2.45, 2.75) is 46.0 Å². The number of nitrogens with one attached hydrogen (secondary N) is 1. The fourth-order valence-electron chi connectivity index (χ4n) is 3.67. The lowest BCUT2D eigenvalue weighted by Crippen LogP contribution is -2.42. The maximum atomic E-state index is 4.87. The summed E-state index contributed by atoms with van der Waals surface area (Å²) < 4.78 is 0. The fourth-order valence-corrected chi connectivity index (χ4v) is 3.67. The second-order valence-electron chi connectivity index (χ2n) is 7.00. The Bertz CT molecular complexity index is 520. The van der Waals surface area contributed by atoms with Crippen molar-refractivity contribution in [2.75, 3.05) is 26.2 Å². The van der Waals surface area contributed by atoms with Crippen LogP contribution in [0.4, 0.5) is 0 Å². The van der Waals surface area contributed by atoms with Gasteiger partial charge in [0.25, 0.3) is 0 Å². The summed E-state index contributed by atoms with van der Waals surface area (Å²) in [7, 11) is 0. The van der Waals surface area contributed by atoms with Gasteiger partial charge in [-0.15, -0.1) is 24.0 Å². The highest BCUT2D eigenvalue weighted by Gasteiger charge is 2.43. The average Bonchev–Trinajstić information content (AvgIpc) is 2.94. The third-order valence-electron chi connectivity index (χ3n) is 5.27. The van der Waals surface area contributed by atoms with Gasteiger partial charge in [0.1, 0.15) is 0 Å². The summed E-state index contributed by atoms with van der Waals surface area (Å²) in [6.45, 7) is 8.50. The Balaban J connectivity index is 0.00000192. The first kappa shape index (κ1) is 18.6. The minimum Gasteiger partial charge on any atom is -0.357 e. The summed E-state index contributed by atoms with van der Waals surface area (Å²) in [5.74, 6) is 1.12. The van der Waals surface area contributed by atoms with E-state index in [-0.39, 0.29) is 24.0 Å². The molecule has 23 heavy (non-hydrogen) atoms. The maximum absolute atomic E-state index is 4.87. The molecule has 1 aliphatic heterocycles. The molecule has 1 saturated carbocycles. The van der Waals surface area contributed by atoms with Crippen LogP contribution in [-0.2, 0) is 6.42 Å². The third kappa shape index (κ3) is 4.61. The zero-order valence-corrected chi connectivity index (χ0v) is 16.8. The van der Waals surface area contributed by atoms with Crippen LogP contribution in [0.15, 0.2) is 29.3 Å². The van der Waals surface area contributed by atoms with Crippen molar-refractivity contribution < 1.29 is 0 Å². The first-order valence-electron chi connectivity index (χ1n) is 8.80. The molecule has 1 heterocycles. The molecule has 1 aromatic rings. The number of aryl methyl sites for hydroxylation is 1. The molecule has 1 spiro atoms. The normalized spacial score (nSPS) is 19.4. The second-order valence-corrected chi connectivity index (χ2v) is 7.00. The van der Waals surface area contributed by atoms with Gasteiger partial charge >= 0.3 is 0 Å². The lowest BCUT2D eigenvalue weighted by Gasteiger charge is -2.38. The number of benzene rings is 1. The van der Waals surface area contributed by atoms with Gasteiger partial charge in [-0.2, -0.15) is 0 Å². The van der Waals surface area contributed by atoms with Gasteiger partial charge in [-0.05, 0) is 50.5 Å². The Labute approximate surface area is 158 Å². The number of hydrogen-bond acceptors (Lipinski definition) is 1. The van der Waals surface area contributed by atoms with Gasteiger partial charge < -0.3 is 10.2 Å². The van der Waals surface area contributed by atoms with Crippen LogP contribution >= 0.6 is 24.0 Å². The van der Waals surface area contributed by atoms with Crippen LogP contribution in [0.5, 0.6) is 0 Å². The van der Waals surface area contributed by atoms with Gasteiger partial charge in [-0.25, -0.2) is 0 Å². The molecule has 2 fully saturated rings. The Morgan fingerprint density at radius 2 is 1.96 bits per heavy atom. The van der Waals surface area contributed by atoms with Gasteiger partial charge in [0.05, 0.1) is 0 Å². The Kier molecular flexibility index (Phi) is 6.74. The summed E-state index contributed by atoms with van der Waals surface area (Å²) in [6, 6.07) is 8.81. The average molecular weight is 427 g/mol. The van der Waals surface area contributed by atoms with E-state index in [4.69, 9.17) is 4.99 Å². The molecule has 4 heteroatoms. The largest absolute Gasteiger partial charge is 0.357 e. The number of aliphatic imine (C=N–C) groups is 1. The first-order chi connectivity index (χ1) is 10.7. The lowest BCUT2D eigenvalue weighted by molar-refractivity contribution is 0.151. The van der Waals surface area contributed by atoms with Crippen molar-refractivity contribution in [3.8, 4) is 0 Å². The van der Waals surface area contributed by atoms with Crippen LogP contribution in [-0.4, -0.2) is 37.0 Å². The van der Waals surface area contributed by atoms with Crippen LogP contribution in [0.25, 0.3) is 0 Å². The number of nitrogens with zero attached hydrogens (tertiary/aromatic N) is 2. The van der Waals surface area contributed by atoms with Crippen LogP contribution < -0.4 is 5.32 Å². The summed E-state index contributed by atoms with van der Waals surface area (Å²) in [6.07, 6.45) is 6.65. The lowest BCUT2D eigenvalue weighted by atomic mass is 9.68. The SMILES string of the molecule is CCNC(=NCCc1ccc(C)cc1)N1CCC2(CCC2)C1.I. The van der Waals surface area contributed by atoms with E-state index in [1.165, 1.54) is 49.9 Å². The van der Waals surface area contributed by atoms with Crippen LogP contribution in [0.3, 0.4) is 0 Å². The van der Waals surface area contributed by atoms with Crippen molar-refractivity contribution >= 4 is 29.9 Å². The zero-order chi connectivity index (χ0) is 15.4. The van der Waals surface area contributed by atoms with Gasteiger partial charge in [0.15, 0.2) is 5.96 Å². The number of rotatable bonds is 4. The number of hydrogen-bond donors (Lipinski definition) is 1. The fraction of sp³-hybridized carbons (Fsp3) is 0.632. The van der Waals surface area contributed by atoms with E-state index < -0.39 is 0 Å². The molecule has 0 bridgehead atoms. The van der Waals surface area contributed by atoms with Gasteiger partial charge in [0, 0.05) is 26.2 Å². The molecule has 0 atom stereocenters. The number of likely N-dealkylation sites (tertiary alicyclic amines) is 1. The molecule has 1 N–H and O–H groups in total. The predicted molar refractivity (Wildman–Crippen MR) is 109 cm³/mol. The van der Waals surface area contributed by atoms with Crippen LogP contribution in [0, 0.1) is 12.3 Å². The third-order valence-corrected chi connectivity index (χ3v) is 5.27. The van der Waals surface area contributed by atoms with E-state index in [2.05, 4.69) is 48.3 Å². The van der Waals surface area contributed by atoms with E-state index in [9.17, 15) is 0 Å². The molecule has 0 radical (unpaired) electrons. The molecular formula is C19H30IN3. The number of guanidine groups is 1. The molecule has 0 amide bonds. The molecule has 128 valence electrons. The van der Waals surface area contributed by atoms with Crippen LogP contribution in [0.2, 0.25) is 0 Å². The Morgan fingerprint density at radius 3 is 2.52 bits per heavy atom. The molecule has 3 nitrogen and oxygen atoms in total. The zero-order valence-electron chi connectivity index (χ0n) is 14.5. The molecule has 2 aliphatic rings. The quantitative estimate of drug-likeness (QED) is 0.447. The van der Waals surface area contributed by atoms with Gasteiger partial charge in [0.2, 0.25) is 0 Å². The summed E-state index contributed by atoms with van der Waals surface area (Å²) in [5, 5.41) is 3.48. The second kappa shape index (κ2) is 8.36. The molecule has 0 aromatic heterocycles. The summed E-state index contributed by atoms with van der Waals surface area (Å²) in [4.78, 5) is 7.35. The predicted octanol–water partition coefficient (Wildman–Crippen LogP) is 4.00. The van der Waals surface area contributed by atoms with Crippen molar-refractivity contribution in [1.82, 2.24) is 10.2 Å². The highest BCUT2D eigenvalue weighted by atomic mass is 127. The highest BCUT2D eigenvalue weighted by molar-refractivity contribution is 14.0. The molecule has 1 aliphatic carbocycles. The van der Waals surface area contributed by atoms with E-state index >= 15 is 0 Å². The molecule has 0 unspecified atom stereocenters. The Morgan fingerprint density at radius 1 is 1.22 bits per heavy atom. The van der Waals surface area contributed by atoms with Crippen LogP contribution in [0.1, 0.15) is 43.7 Å². The van der Waals surface area contributed by atoms with E-state index in [0.29, 0.717) is 5.41 Å². The first-order valence-corrected chi connectivity index (χ1v) is 8.80. The standard InChI is InChI=1S/C19H29N3.HI/c1-3-20-18(22-14-12-19(15-22)10-4-11-19)21-13-9-17-7-5-16(2)6-8-17;/h5-8H,3-4,9-15H2,1-2H3,(H,20,21);1H. The summed E-state index contributed by atoms with van der Waals surface area (Å²) in [5.41, 5.74) is 3.33. The Hall–Kier alpha value is -0.780. The smallest absolute Gasteiger partial charge is 0.193 e. The van der Waals surface area contributed by atoms with E-state index in [1.54, 1.807) is 0 Å². The minimum atomic E-state index is 0. The maximum Gasteiger partial charge on any atom is 0.193 e. The molecular weight excluding hydrogens is 397 g/mol. The highest BCUT2D eigenvalue weighted by Crippen LogP contribution is 2.47. The van der Waals surface area contributed by atoms with Crippen molar-refractivity contribution in [1.29, 1.82) is 0 Å². The van der Waals surface area contributed by atoms with Crippen molar-refractivity contribution in [3.05, 3.63) is 35.4 Å². The van der Waals surface area contributed by atoms with Gasteiger partial charge in [-0.3, -0.25) is 4.99 Å². The minimum absolute atomic E-state index is 0. The monoisotopic (exact) mass is 427 g/mol. The van der Waals surface area contributed by atoms with Crippen molar-refractivity contribution in [2.24, 2.45) is 10.4 Å². The number of halogens is 1. The molecule has 3 rings (SSSR count). The van der Waals surface area contributed by atoms with E-state index in [0.717, 1.165) is 25.5 Å². The topological polar surface area (TPSA) is 27.6 Å². The van der Waals surface area contributed by atoms with Crippen molar-refractivity contribution in [3.63, 3.8) is 0 Å². The van der Waals surface area contributed by atoms with E-state index in [1.807, 2.05) is 0 Å². The molecule has 1 aromatic carbocycles. The molecule has 1 saturated heterocycles. The van der Waals surface area contributed by atoms with Gasteiger partial charge in [-0.1, -0.05) is 36.2 Å².